The molecule has 4 rings (SSSR count). The Hall–Kier alpha value is -2.37. The zero-order chi connectivity index (χ0) is 19.5. The minimum absolute atomic E-state index is 0.175. The van der Waals surface area contributed by atoms with Crippen molar-refractivity contribution in [2.24, 2.45) is 0 Å². The van der Waals surface area contributed by atoms with E-state index >= 15 is 0 Å². The first kappa shape index (κ1) is 19.0. The molecule has 4 nitrogen and oxygen atoms in total. The van der Waals surface area contributed by atoms with Gasteiger partial charge in [0, 0.05) is 16.9 Å². The molecule has 1 N–H and O–H groups in total. The monoisotopic (exact) mass is 439 g/mol. The van der Waals surface area contributed by atoms with Gasteiger partial charge in [0.15, 0.2) is 0 Å². The number of rotatable bonds is 4. The fourth-order valence-electron chi connectivity index (χ4n) is 3.91. The highest BCUT2D eigenvalue weighted by atomic mass is 79.9. The van der Waals surface area contributed by atoms with Crippen molar-refractivity contribution in [2.75, 3.05) is 13.1 Å². The molecule has 1 saturated heterocycles. The number of amides is 1. The van der Waals surface area contributed by atoms with Gasteiger partial charge >= 0.3 is 6.09 Å². The molecule has 1 aliphatic heterocycles. The van der Waals surface area contributed by atoms with Gasteiger partial charge in [0.1, 0.15) is 0 Å². The van der Waals surface area contributed by atoms with Gasteiger partial charge < -0.3 is 14.7 Å². The molecule has 5 heteroatoms. The molecule has 0 unspecified atom stereocenters. The van der Waals surface area contributed by atoms with Crippen molar-refractivity contribution in [1.82, 2.24) is 4.90 Å². The number of hydrogen-bond acceptors (Lipinski definition) is 2. The molecule has 1 fully saturated rings. The van der Waals surface area contributed by atoms with Crippen LogP contribution in [0.2, 0.25) is 0 Å². The smallest absolute Gasteiger partial charge is 0.407 e. The van der Waals surface area contributed by atoms with Crippen molar-refractivity contribution >= 4 is 32.8 Å². The maximum Gasteiger partial charge on any atom is 0.407 e. The number of likely N-dealkylation sites (tertiary alicyclic amines) is 1. The molecule has 3 aromatic carbocycles. The standard InChI is InChI=1S/C23H22BrNO3/c24-20-7-3-6-19(13-20)21-10-11-25(23(26)27)14-22(21)28-15-16-8-9-17-4-1-2-5-18(17)12-16/h1-9,12-13,21-22H,10-11,14-15H2,(H,26,27)/t21-,22+/m1/s1. The predicted molar refractivity (Wildman–Crippen MR) is 114 cm³/mol. The molecule has 28 heavy (non-hydrogen) atoms. The van der Waals surface area contributed by atoms with E-state index in [2.05, 4.69) is 58.4 Å². The maximum absolute atomic E-state index is 11.5. The van der Waals surface area contributed by atoms with Crippen LogP contribution >= 0.6 is 15.9 Å². The van der Waals surface area contributed by atoms with Crippen molar-refractivity contribution in [2.45, 2.75) is 25.0 Å². The molecule has 1 aliphatic rings. The Morgan fingerprint density at radius 1 is 1.07 bits per heavy atom. The minimum atomic E-state index is -0.882. The average molecular weight is 440 g/mol. The van der Waals surface area contributed by atoms with Gasteiger partial charge in [0.2, 0.25) is 0 Å². The first-order valence-corrected chi connectivity index (χ1v) is 10.2. The molecule has 0 aromatic heterocycles. The van der Waals surface area contributed by atoms with Crippen LogP contribution in [-0.4, -0.2) is 35.3 Å². The molecule has 0 bridgehead atoms. The highest BCUT2D eigenvalue weighted by molar-refractivity contribution is 9.10. The fourth-order valence-corrected chi connectivity index (χ4v) is 4.33. The minimum Gasteiger partial charge on any atom is -0.465 e. The van der Waals surface area contributed by atoms with Crippen molar-refractivity contribution in [3.63, 3.8) is 0 Å². The van der Waals surface area contributed by atoms with E-state index in [1.165, 1.54) is 21.2 Å². The summed E-state index contributed by atoms with van der Waals surface area (Å²) in [5.41, 5.74) is 2.28. The van der Waals surface area contributed by atoms with Crippen molar-refractivity contribution in [3.8, 4) is 0 Å². The molecule has 1 amide bonds. The van der Waals surface area contributed by atoms with Gasteiger partial charge in [-0.15, -0.1) is 0 Å². The Labute approximate surface area is 172 Å². The SMILES string of the molecule is O=C(O)N1CC[C@H](c2cccc(Br)c2)[C@@H](OCc2ccc3ccccc3c2)C1. The summed E-state index contributed by atoms with van der Waals surface area (Å²) in [7, 11) is 0. The third kappa shape index (κ3) is 4.21. The van der Waals surface area contributed by atoms with Crippen LogP contribution in [0, 0.1) is 0 Å². The van der Waals surface area contributed by atoms with Gasteiger partial charge in [-0.05, 0) is 46.5 Å². The molecule has 1 heterocycles. The van der Waals surface area contributed by atoms with Crippen molar-refractivity contribution < 1.29 is 14.6 Å². The molecule has 0 saturated carbocycles. The van der Waals surface area contributed by atoms with Crippen LogP contribution < -0.4 is 0 Å². The van der Waals surface area contributed by atoms with E-state index in [1.807, 2.05) is 24.3 Å². The highest BCUT2D eigenvalue weighted by Gasteiger charge is 2.33. The second-order valence-electron chi connectivity index (χ2n) is 7.21. The third-order valence-electron chi connectivity index (χ3n) is 5.38. The maximum atomic E-state index is 11.5. The number of carboxylic acid groups (broad SMARTS) is 1. The van der Waals surface area contributed by atoms with Crippen LogP contribution in [-0.2, 0) is 11.3 Å². The third-order valence-corrected chi connectivity index (χ3v) is 5.88. The van der Waals surface area contributed by atoms with Crippen LogP contribution in [0.4, 0.5) is 4.79 Å². The number of ether oxygens (including phenoxy) is 1. The Morgan fingerprint density at radius 2 is 1.89 bits per heavy atom. The molecule has 144 valence electrons. The molecular weight excluding hydrogens is 418 g/mol. The lowest BCUT2D eigenvalue weighted by molar-refractivity contribution is -0.0199. The van der Waals surface area contributed by atoms with E-state index in [1.54, 1.807) is 0 Å². The van der Waals surface area contributed by atoms with Gasteiger partial charge in [-0.25, -0.2) is 4.79 Å². The van der Waals surface area contributed by atoms with Crippen LogP contribution in [0.3, 0.4) is 0 Å². The number of halogens is 1. The quantitative estimate of drug-likeness (QED) is 0.570. The Balaban J connectivity index is 1.54. The largest absolute Gasteiger partial charge is 0.465 e. The lowest BCUT2D eigenvalue weighted by atomic mass is 9.87. The van der Waals surface area contributed by atoms with Crippen molar-refractivity contribution in [1.29, 1.82) is 0 Å². The number of nitrogens with zero attached hydrogens (tertiary/aromatic N) is 1. The first-order chi connectivity index (χ1) is 13.6. The summed E-state index contributed by atoms with van der Waals surface area (Å²) in [4.78, 5) is 12.9. The number of benzene rings is 3. The van der Waals surface area contributed by atoms with Gasteiger partial charge in [-0.2, -0.15) is 0 Å². The van der Waals surface area contributed by atoms with Gasteiger partial charge in [-0.1, -0.05) is 64.5 Å². The topological polar surface area (TPSA) is 49.8 Å². The van der Waals surface area contributed by atoms with Crippen LogP contribution in [0.25, 0.3) is 10.8 Å². The van der Waals surface area contributed by atoms with Crippen molar-refractivity contribution in [3.05, 3.63) is 82.3 Å². The molecule has 3 aromatic rings. The summed E-state index contributed by atoms with van der Waals surface area (Å²) < 4.78 is 7.31. The zero-order valence-corrected chi connectivity index (χ0v) is 17.0. The molecule has 2 atom stereocenters. The molecule has 0 radical (unpaired) electrons. The normalized spacial score (nSPS) is 19.7. The number of piperidine rings is 1. The second kappa shape index (κ2) is 8.33. The summed E-state index contributed by atoms with van der Waals surface area (Å²) in [6.45, 7) is 1.38. The number of carbonyl (C=O) groups is 1. The molecular formula is C23H22BrNO3. The Bertz CT molecular complexity index is 990. The average Bonchev–Trinajstić information content (AvgIpc) is 2.72. The van der Waals surface area contributed by atoms with Gasteiger partial charge in [0.25, 0.3) is 0 Å². The van der Waals surface area contributed by atoms with E-state index in [0.29, 0.717) is 19.7 Å². The second-order valence-corrected chi connectivity index (χ2v) is 8.13. The fraction of sp³-hybridized carbons (Fsp3) is 0.261. The van der Waals surface area contributed by atoms with E-state index in [-0.39, 0.29) is 12.0 Å². The predicted octanol–water partition coefficient (Wildman–Crippen LogP) is 5.66. The number of fused-ring (bicyclic) bond motifs is 1. The molecule has 0 aliphatic carbocycles. The van der Waals surface area contributed by atoms with Crippen LogP contribution in [0.1, 0.15) is 23.5 Å². The van der Waals surface area contributed by atoms with Crippen LogP contribution in [0.15, 0.2) is 71.2 Å². The van der Waals surface area contributed by atoms with Crippen LogP contribution in [0.5, 0.6) is 0 Å². The summed E-state index contributed by atoms with van der Waals surface area (Å²) in [5.74, 6) is 0.175. The van der Waals surface area contributed by atoms with E-state index in [0.717, 1.165) is 16.5 Å². The van der Waals surface area contributed by atoms with E-state index in [9.17, 15) is 9.90 Å². The lowest BCUT2D eigenvalue weighted by Crippen LogP contribution is -2.46. The first-order valence-electron chi connectivity index (χ1n) is 9.43. The number of hydrogen-bond donors (Lipinski definition) is 1. The summed E-state index contributed by atoms with van der Waals surface area (Å²) in [6, 6.07) is 22.8. The summed E-state index contributed by atoms with van der Waals surface area (Å²) in [6.07, 6.45) is -0.303. The van der Waals surface area contributed by atoms with Gasteiger partial charge in [-0.3, -0.25) is 0 Å². The highest BCUT2D eigenvalue weighted by Crippen LogP contribution is 2.32. The Kier molecular flexibility index (Phi) is 5.64. The zero-order valence-electron chi connectivity index (χ0n) is 15.4. The summed E-state index contributed by atoms with van der Waals surface area (Å²) in [5, 5.41) is 11.8. The van der Waals surface area contributed by atoms with Gasteiger partial charge in [0.05, 0.1) is 19.3 Å². The lowest BCUT2D eigenvalue weighted by Gasteiger charge is -2.37. The molecule has 0 spiro atoms. The Morgan fingerprint density at radius 3 is 2.68 bits per heavy atom. The summed E-state index contributed by atoms with van der Waals surface area (Å²) >= 11 is 3.54. The van der Waals surface area contributed by atoms with E-state index in [4.69, 9.17) is 4.74 Å². The van der Waals surface area contributed by atoms with E-state index < -0.39 is 6.09 Å².